The van der Waals surface area contributed by atoms with Gasteiger partial charge in [-0.05, 0) is 30.2 Å². The van der Waals surface area contributed by atoms with Crippen LogP contribution in [0.4, 0.5) is 19.0 Å². The zero-order valence-electron chi connectivity index (χ0n) is 12.4. The third-order valence-electron chi connectivity index (χ3n) is 2.87. The van der Waals surface area contributed by atoms with Crippen molar-refractivity contribution in [3.63, 3.8) is 0 Å². The third-order valence-corrected chi connectivity index (χ3v) is 2.87. The highest BCUT2D eigenvalue weighted by Crippen LogP contribution is 2.23. The van der Waals surface area contributed by atoms with E-state index < -0.39 is 12.7 Å². The predicted octanol–water partition coefficient (Wildman–Crippen LogP) is 3.31. The van der Waals surface area contributed by atoms with Gasteiger partial charge in [-0.25, -0.2) is 4.98 Å². The molecule has 0 atom stereocenters. The van der Waals surface area contributed by atoms with Crippen LogP contribution < -0.4 is 10.2 Å². The molecule has 0 saturated carbocycles. The highest BCUT2D eigenvalue weighted by atomic mass is 19.4. The van der Waals surface area contributed by atoms with Crippen LogP contribution in [-0.2, 0) is 6.54 Å². The Morgan fingerprint density at radius 2 is 1.95 bits per heavy atom. The average molecular weight is 289 g/mol. The fraction of sp³-hybridized carbons (Fsp3) is 0.643. The molecule has 0 saturated heterocycles. The molecule has 114 valence electrons. The van der Waals surface area contributed by atoms with Crippen molar-refractivity contribution in [2.24, 2.45) is 0 Å². The Labute approximate surface area is 118 Å². The summed E-state index contributed by atoms with van der Waals surface area (Å²) in [6.07, 6.45) is -4.23. The van der Waals surface area contributed by atoms with Crippen molar-refractivity contribution in [3.8, 4) is 0 Å². The van der Waals surface area contributed by atoms with Gasteiger partial charge >= 0.3 is 6.18 Å². The smallest absolute Gasteiger partial charge is 0.351 e. The fourth-order valence-electron chi connectivity index (χ4n) is 1.81. The lowest BCUT2D eigenvalue weighted by atomic mass is 10.1. The molecular weight excluding hydrogens is 267 g/mol. The molecule has 1 rings (SSSR count). The Bertz CT molecular complexity index is 430. The Kier molecular flexibility index (Phi) is 5.80. The van der Waals surface area contributed by atoms with Crippen molar-refractivity contribution in [3.05, 3.63) is 23.4 Å². The van der Waals surface area contributed by atoms with E-state index in [0.717, 1.165) is 22.7 Å². The van der Waals surface area contributed by atoms with Gasteiger partial charge in [-0.3, -0.25) is 0 Å². The van der Waals surface area contributed by atoms with Crippen molar-refractivity contribution >= 4 is 5.82 Å². The van der Waals surface area contributed by atoms with E-state index in [2.05, 4.69) is 10.3 Å². The van der Waals surface area contributed by atoms with E-state index in [1.807, 2.05) is 26.8 Å². The third kappa shape index (κ3) is 5.36. The van der Waals surface area contributed by atoms with Gasteiger partial charge < -0.3 is 10.2 Å². The maximum Gasteiger partial charge on any atom is 0.405 e. The Hall–Kier alpha value is -1.30. The number of hydrogen-bond acceptors (Lipinski definition) is 3. The number of aromatic nitrogens is 1. The van der Waals surface area contributed by atoms with Crippen molar-refractivity contribution in [1.82, 2.24) is 10.3 Å². The second kappa shape index (κ2) is 6.92. The molecule has 0 aromatic carbocycles. The summed E-state index contributed by atoms with van der Waals surface area (Å²) in [5.41, 5.74) is 1.76. The van der Waals surface area contributed by atoms with E-state index >= 15 is 0 Å². The summed E-state index contributed by atoms with van der Waals surface area (Å²) < 4.78 is 37.4. The first-order chi connectivity index (χ1) is 9.23. The lowest BCUT2D eigenvalue weighted by Gasteiger charge is -2.22. The summed E-state index contributed by atoms with van der Waals surface area (Å²) in [6.45, 7) is 6.39. The number of pyridine rings is 1. The minimum absolute atomic E-state index is 0.176. The summed E-state index contributed by atoms with van der Waals surface area (Å²) >= 11 is 0. The number of rotatable bonds is 6. The molecule has 3 nitrogen and oxygen atoms in total. The molecule has 1 aromatic rings. The zero-order chi connectivity index (χ0) is 15.3. The van der Waals surface area contributed by atoms with Crippen LogP contribution in [0.3, 0.4) is 0 Å². The van der Waals surface area contributed by atoms with Gasteiger partial charge in [0.1, 0.15) is 12.4 Å². The van der Waals surface area contributed by atoms with E-state index in [0.29, 0.717) is 12.4 Å². The van der Waals surface area contributed by atoms with Gasteiger partial charge in [0.25, 0.3) is 0 Å². The molecule has 1 aromatic heterocycles. The van der Waals surface area contributed by atoms with Crippen LogP contribution >= 0.6 is 0 Å². The molecule has 0 unspecified atom stereocenters. The number of alkyl halides is 3. The maximum absolute atomic E-state index is 12.5. The van der Waals surface area contributed by atoms with Gasteiger partial charge in [0.15, 0.2) is 0 Å². The quantitative estimate of drug-likeness (QED) is 0.871. The summed E-state index contributed by atoms with van der Waals surface area (Å²) in [6, 6.07) is 3.65. The van der Waals surface area contributed by atoms with E-state index in [9.17, 15) is 13.2 Å². The molecule has 0 aliphatic heterocycles. The maximum atomic E-state index is 12.5. The van der Waals surface area contributed by atoms with Crippen LogP contribution in [-0.4, -0.2) is 31.3 Å². The summed E-state index contributed by atoms with van der Waals surface area (Å²) in [5.74, 6) is 0.538. The van der Waals surface area contributed by atoms with Crippen molar-refractivity contribution in [2.75, 3.05) is 25.0 Å². The highest BCUT2D eigenvalue weighted by Gasteiger charge is 2.30. The Balaban J connectivity index is 3.01. The molecule has 6 heteroatoms. The topological polar surface area (TPSA) is 28.2 Å². The van der Waals surface area contributed by atoms with Gasteiger partial charge in [-0.1, -0.05) is 20.8 Å². The summed E-state index contributed by atoms with van der Waals surface area (Å²) in [4.78, 5) is 5.46. The van der Waals surface area contributed by atoms with E-state index in [-0.39, 0.29) is 5.92 Å². The van der Waals surface area contributed by atoms with Gasteiger partial charge in [0, 0.05) is 19.3 Å². The second-order valence-corrected chi connectivity index (χ2v) is 5.16. The van der Waals surface area contributed by atoms with Crippen LogP contribution in [0.2, 0.25) is 0 Å². The zero-order valence-corrected chi connectivity index (χ0v) is 12.4. The molecule has 0 aliphatic carbocycles. The van der Waals surface area contributed by atoms with E-state index in [1.54, 1.807) is 6.07 Å². The molecule has 0 aliphatic rings. The average Bonchev–Trinajstić information content (AvgIpc) is 2.33. The monoisotopic (exact) mass is 289 g/mol. The predicted molar refractivity (Wildman–Crippen MR) is 75.0 cm³/mol. The number of nitrogens with one attached hydrogen (secondary N) is 1. The van der Waals surface area contributed by atoms with E-state index in [1.165, 1.54) is 7.05 Å². The minimum atomic E-state index is -4.23. The lowest BCUT2D eigenvalue weighted by Crippen LogP contribution is -2.31. The van der Waals surface area contributed by atoms with Crippen molar-refractivity contribution in [1.29, 1.82) is 0 Å². The van der Waals surface area contributed by atoms with Crippen molar-refractivity contribution in [2.45, 2.75) is 39.4 Å². The SMILES string of the molecule is CCNCc1cc(C(C)C)nc(N(C)CC(F)(F)F)c1. The van der Waals surface area contributed by atoms with Crippen LogP contribution in [0.1, 0.15) is 37.9 Å². The largest absolute Gasteiger partial charge is 0.405 e. The first-order valence-electron chi connectivity index (χ1n) is 6.72. The standard InChI is InChI=1S/C14H22F3N3/c1-5-18-8-11-6-12(10(2)3)19-13(7-11)20(4)9-14(15,16)17/h6-7,10,18H,5,8-9H2,1-4H3. The Morgan fingerprint density at radius 3 is 2.45 bits per heavy atom. The molecule has 1 heterocycles. The van der Waals surface area contributed by atoms with Crippen LogP contribution in [0.25, 0.3) is 0 Å². The van der Waals surface area contributed by atoms with Gasteiger partial charge in [0.2, 0.25) is 0 Å². The minimum Gasteiger partial charge on any atom is -0.351 e. The summed E-state index contributed by atoms with van der Waals surface area (Å²) in [5, 5.41) is 3.18. The van der Waals surface area contributed by atoms with Crippen molar-refractivity contribution < 1.29 is 13.2 Å². The molecule has 0 radical (unpaired) electrons. The fourth-order valence-corrected chi connectivity index (χ4v) is 1.81. The molecule has 0 spiro atoms. The number of nitrogens with zero attached hydrogens (tertiary/aromatic N) is 2. The number of hydrogen-bond donors (Lipinski definition) is 1. The molecule has 0 amide bonds. The normalized spacial score (nSPS) is 12.0. The summed E-state index contributed by atoms with van der Waals surface area (Å²) in [7, 11) is 1.41. The first kappa shape index (κ1) is 16.8. The number of anilines is 1. The molecule has 1 N–H and O–H groups in total. The van der Waals surface area contributed by atoms with Crippen LogP contribution in [0.15, 0.2) is 12.1 Å². The van der Waals surface area contributed by atoms with Crippen LogP contribution in [0, 0.1) is 0 Å². The molecule has 20 heavy (non-hydrogen) atoms. The molecule has 0 bridgehead atoms. The molecule has 0 fully saturated rings. The van der Waals surface area contributed by atoms with Gasteiger partial charge in [-0.15, -0.1) is 0 Å². The second-order valence-electron chi connectivity index (χ2n) is 5.16. The van der Waals surface area contributed by atoms with Gasteiger partial charge in [0.05, 0.1) is 0 Å². The Morgan fingerprint density at radius 1 is 1.30 bits per heavy atom. The lowest BCUT2D eigenvalue weighted by molar-refractivity contribution is -0.119. The first-order valence-corrected chi connectivity index (χ1v) is 6.72. The molecular formula is C14H22F3N3. The number of halogens is 3. The van der Waals surface area contributed by atoms with Gasteiger partial charge in [-0.2, -0.15) is 13.2 Å². The van der Waals surface area contributed by atoms with E-state index in [4.69, 9.17) is 0 Å². The van der Waals surface area contributed by atoms with Crippen LogP contribution in [0.5, 0.6) is 0 Å². The highest BCUT2D eigenvalue weighted by molar-refractivity contribution is 5.42.